The zero-order valence-corrected chi connectivity index (χ0v) is 20.9. The van der Waals surface area contributed by atoms with Gasteiger partial charge < -0.3 is 5.32 Å². The Morgan fingerprint density at radius 3 is 2.39 bits per heavy atom. The standard InChI is InChI=1S/C26H24Cl2N2O2S/c1-26(2,3)18-8-10-20(11-9-18)30-23(31)15-33-25(30)17-5-4-6-19(13-17)29-24(32)16-7-12-21(27)22(28)14-16/h4-14,25H,15H2,1-3H3,(H,29,32)/t25-/m0/s1. The van der Waals surface area contributed by atoms with Crippen LogP contribution in [0.4, 0.5) is 11.4 Å². The van der Waals surface area contributed by atoms with Gasteiger partial charge in [-0.1, -0.05) is 68.2 Å². The van der Waals surface area contributed by atoms with Crippen LogP contribution >= 0.6 is 35.0 Å². The molecule has 1 saturated heterocycles. The second-order valence-corrected chi connectivity index (χ2v) is 10.8. The summed E-state index contributed by atoms with van der Waals surface area (Å²) < 4.78 is 0. The number of nitrogens with zero attached hydrogens (tertiary/aromatic N) is 1. The van der Waals surface area contributed by atoms with Crippen molar-refractivity contribution in [2.24, 2.45) is 0 Å². The third-order valence-corrected chi connectivity index (χ3v) is 7.44. The quantitative estimate of drug-likeness (QED) is 0.409. The molecule has 0 radical (unpaired) electrons. The summed E-state index contributed by atoms with van der Waals surface area (Å²) >= 11 is 13.6. The molecule has 1 fully saturated rings. The second-order valence-electron chi connectivity index (χ2n) is 8.93. The minimum Gasteiger partial charge on any atom is -0.322 e. The van der Waals surface area contributed by atoms with Gasteiger partial charge in [0.1, 0.15) is 5.37 Å². The number of anilines is 2. The van der Waals surface area contributed by atoms with Crippen molar-refractivity contribution in [3.05, 3.63) is 93.5 Å². The van der Waals surface area contributed by atoms with E-state index in [4.69, 9.17) is 23.2 Å². The van der Waals surface area contributed by atoms with Crippen LogP contribution in [0, 0.1) is 0 Å². The molecule has 0 unspecified atom stereocenters. The van der Waals surface area contributed by atoms with Crippen molar-refractivity contribution in [2.75, 3.05) is 16.0 Å². The fourth-order valence-corrected chi connectivity index (χ4v) is 5.15. The number of rotatable bonds is 4. The number of thioether (sulfide) groups is 1. The van der Waals surface area contributed by atoms with Crippen molar-refractivity contribution < 1.29 is 9.59 Å². The Morgan fingerprint density at radius 1 is 1.00 bits per heavy atom. The summed E-state index contributed by atoms with van der Waals surface area (Å²) in [6, 6.07) is 20.5. The molecule has 1 atom stereocenters. The number of benzene rings is 3. The van der Waals surface area contributed by atoms with E-state index in [1.54, 1.807) is 23.9 Å². The van der Waals surface area contributed by atoms with Gasteiger partial charge in [0.2, 0.25) is 5.91 Å². The van der Waals surface area contributed by atoms with Gasteiger partial charge in [-0.05, 0) is 59.0 Å². The van der Waals surface area contributed by atoms with E-state index >= 15 is 0 Å². The summed E-state index contributed by atoms with van der Waals surface area (Å²) in [7, 11) is 0. The third kappa shape index (κ3) is 5.21. The molecule has 3 aromatic rings. The molecule has 1 aliphatic rings. The molecule has 0 spiro atoms. The molecule has 170 valence electrons. The van der Waals surface area contributed by atoms with Gasteiger partial charge in [0.25, 0.3) is 5.91 Å². The first kappa shape index (κ1) is 23.7. The molecule has 4 nitrogen and oxygen atoms in total. The maximum absolute atomic E-state index is 12.8. The highest BCUT2D eigenvalue weighted by molar-refractivity contribution is 8.00. The van der Waals surface area contributed by atoms with Crippen molar-refractivity contribution in [3.63, 3.8) is 0 Å². The molecule has 0 saturated carbocycles. The van der Waals surface area contributed by atoms with E-state index in [1.165, 1.54) is 11.6 Å². The van der Waals surface area contributed by atoms with Crippen LogP contribution in [0.25, 0.3) is 0 Å². The Bertz CT molecular complexity index is 1210. The molecule has 1 N–H and O–H groups in total. The van der Waals surface area contributed by atoms with Gasteiger partial charge in [-0.3, -0.25) is 14.5 Å². The van der Waals surface area contributed by atoms with Crippen LogP contribution in [-0.4, -0.2) is 17.6 Å². The normalized spacial score (nSPS) is 16.2. The molecular weight excluding hydrogens is 475 g/mol. The molecule has 0 aliphatic carbocycles. The Hall–Kier alpha value is -2.47. The summed E-state index contributed by atoms with van der Waals surface area (Å²) in [5, 5.41) is 3.46. The molecule has 33 heavy (non-hydrogen) atoms. The summed E-state index contributed by atoms with van der Waals surface area (Å²) in [6.07, 6.45) is 0. The first-order chi connectivity index (χ1) is 15.6. The lowest BCUT2D eigenvalue weighted by Gasteiger charge is -2.26. The molecule has 0 bridgehead atoms. The number of nitrogens with one attached hydrogen (secondary N) is 1. The average Bonchev–Trinajstić information content (AvgIpc) is 3.16. The van der Waals surface area contributed by atoms with E-state index in [9.17, 15) is 9.59 Å². The first-order valence-electron chi connectivity index (χ1n) is 10.5. The van der Waals surface area contributed by atoms with E-state index in [2.05, 4.69) is 38.2 Å². The van der Waals surface area contributed by atoms with Crippen LogP contribution in [-0.2, 0) is 10.2 Å². The SMILES string of the molecule is CC(C)(C)c1ccc(N2C(=O)CS[C@H]2c2cccc(NC(=O)c3ccc(Cl)c(Cl)c3)c2)cc1. The van der Waals surface area contributed by atoms with Gasteiger partial charge in [0, 0.05) is 16.9 Å². The van der Waals surface area contributed by atoms with Crippen molar-refractivity contribution in [1.29, 1.82) is 0 Å². The monoisotopic (exact) mass is 498 g/mol. The molecule has 3 aromatic carbocycles. The molecule has 1 heterocycles. The molecule has 4 rings (SSSR count). The largest absolute Gasteiger partial charge is 0.322 e. The predicted octanol–water partition coefficient (Wildman–Crippen LogP) is 7.32. The van der Waals surface area contributed by atoms with E-state index in [1.807, 2.05) is 41.3 Å². The maximum Gasteiger partial charge on any atom is 0.255 e. The van der Waals surface area contributed by atoms with Gasteiger partial charge >= 0.3 is 0 Å². The fourth-order valence-electron chi connectivity index (χ4n) is 3.68. The highest BCUT2D eigenvalue weighted by Crippen LogP contribution is 2.42. The zero-order chi connectivity index (χ0) is 23.8. The number of amides is 2. The fraction of sp³-hybridized carbons (Fsp3) is 0.231. The van der Waals surface area contributed by atoms with Gasteiger partial charge in [0.15, 0.2) is 0 Å². The van der Waals surface area contributed by atoms with Gasteiger partial charge in [-0.15, -0.1) is 11.8 Å². The van der Waals surface area contributed by atoms with E-state index in [-0.39, 0.29) is 22.6 Å². The molecule has 1 aliphatic heterocycles. The molecule has 0 aromatic heterocycles. The highest BCUT2D eigenvalue weighted by Gasteiger charge is 2.34. The lowest BCUT2D eigenvalue weighted by molar-refractivity contribution is -0.115. The van der Waals surface area contributed by atoms with E-state index in [0.29, 0.717) is 27.0 Å². The zero-order valence-electron chi connectivity index (χ0n) is 18.6. The third-order valence-electron chi connectivity index (χ3n) is 5.49. The van der Waals surface area contributed by atoms with Gasteiger partial charge in [-0.25, -0.2) is 0 Å². The van der Waals surface area contributed by atoms with E-state index < -0.39 is 0 Å². The summed E-state index contributed by atoms with van der Waals surface area (Å²) in [6.45, 7) is 6.50. The predicted molar refractivity (Wildman–Crippen MR) is 139 cm³/mol. The summed E-state index contributed by atoms with van der Waals surface area (Å²) in [5.74, 6) is 0.195. The van der Waals surface area contributed by atoms with Crippen molar-refractivity contribution in [3.8, 4) is 0 Å². The van der Waals surface area contributed by atoms with Crippen LogP contribution in [0.3, 0.4) is 0 Å². The minimum absolute atomic E-state index is 0.0442. The van der Waals surface area contributed by atoms with E-state index in [0.717, 1.165) is 11.3 Å². The van der Waals surface area contributed by atoms with Gasteiger partial charge in [-0.2, -0.15) is 0 Å². The summed E-state index contributed by atoms with van der Waals surface area (Å²) in [4.78, 5) is 27.3. The average molecular weight is 499 g/mol. The molecule has 7 heteroatoms. The van der Waals surface area contributed by atoms with Crippen LogP contribution in [0.1, 0.15) is 47.6 Å². The van der Waals surface area contributed by atoms with Crippen molar-refractivity contribution in [1.82, 2.24) is 0 Å². The van der Waals surface area contributed by atoms with Crippen LogP contribution in [0.15, 0.2) is 66.7 Å². The Labute approximate surface area is 208 Å². The number of carbonyl (C=O) groups is 2. The Morgan fingerprint density at radius 2 is 1.73 bits per heavy atom. The second kappa shape index (κ2) is 9.41. The number of hydrogen-bond donors (Lipinski definition) is 1. The van der Waals surface area contributed by atoms with Crippen LogP contribution in [0.2, 0.25) is 10.0 Å². The Kier molecular flexibility index (Phi) is 6.76. The maximum atomic E-state index is 12.8. The van der Waals surface area contributed by atoms with Crippen molar-refractivity contribution >= 4 is 58.2 Å². The summed E-state index contributed by atoms with van der Waals surface area (Å²) in [5.41, 5.74) is 4.13. The van der Waals surface area contributed by atoms with Crippen LogP contribution < -0.4 is 10.2 Å². The highest BCUT2D eigenvalue weighted by atomic mass is 35.5. The van der Waals surface area contributed by atoms with Crippen molar-refractivity contribution in [2.45, 2.75) is 31.6 Å². The lowest BCUT2D eigenvalue weighted by Crippen LogP contribution is -2.28. The lowest BCUT2D eigenvalue weighted by atomic mass is 9.87. The molecular formula is C26H24Cl2N2O2S. The Balaban J connectivity index is 1.57. The minimum atomic E-state index is -0.282. The molecule has 2 amide bonds. The topological polar surface area (TPSA) is 49.4 Å². The van der Waals surface area contributed by atoms with Crippen LogP contribution in [0.5, 0.6) is 0 Å². The van der Waals surface area contributed by atoms with Gasteiger partial charge in [0.05, 0.1) is 15.8 Å². The number of carbonyl (C=O) groups excluding carboxylic acids is 2. The number of halogens is 2. The number of hydrogen-bond acceptors (Lipinski definition) is 3. The smallest absolute Gasteiger partial charge is 0.255 e. The first-order valence-corrected chi connectivity index (χ1v) is 12.3.